The molecule has 22 heavy (non-hydrogen) atoms. The highest BCUT2D eigenvalue weighted by molar-refractivity contribution is 7.99. The van der Waals surface area contributed by atoms with Crippen molar-refractivity contribution in [3.8, 4) is 0 Å². The second-order valence-corrected chi connectivity index (χ2v) is 6.20. The average molecular weight is 337 g/mol. The van der Waals surface area contributed by atoms with Crippen molar-refractivity contribution in [2.24, 2.45) is 0 Å². The van der Waals surface area contributed by atoms with Crippen molar-refractivity contribution in [1.29, 1.82) is 0 Å². The van der Waals surface area contributed by atoms with Gasteiger partial charge in [-0.3, -0.25) is 4.79 Å². The number of hydrogen-bond donors (Lipinski definition) is 1. The van der Waals surface area contributed by atoms with E-state index in [2.05, 4.69) is 10.2 Å². The van der Waals surface area contributed by atoms with E-state index < -0.39 is 12.0 Å². The molecule has 6 nitrogen and oxygen atoms in total. The number of alkyl halides is 3. The van der Waals surface area contributed by atoms with Gasteiger partial charge in [-0.15, -0.1) is 10.2 Å². The molecule has 0 aromatic carbocycles. The van der Waals surface area contributed by atoms with Gasteiger partial charge >= 0.3 is 6.18 Å². The number of halogens is 3. The van der Waals surface area contributed by atoms with E-state index >= 15 is 0 Å². The normalized spacial score (nSPS) is 16.7. The number of nitrogens with two attached hydrogens (primary N) is 1. The monoisotopic (exact) mass is 337 g/mol. The van der Waals surface area contributed by atoms with Gasteiger partial charge in [-0.05, 0) is 12.8 Å². The lowest BCUT2D eigenvalue weighted by atomic mass is 9.94. The molecule has 1 fully saturated rings. The maximum absolute atomic E-state index is 12.5. The number of nitrogens with zero attached hydrogens (tertiary/aromatic N) is 4. The molecular weight excluding hydrogens is 319 g/mol. The van der Waals surface area contributed by atoms with Crippen molar-refractivity contribution < 1.29 is 18.0 Å². The Bertz CT molecular complexity index is 527. The lowest BCUT2D eigenvalue weighted by Gasteiger charge is -2.31. The van der Waals surface area contributed by atoms with Crippen LogP contribution in [0.5, 0.6) is 0 Å². The van der Waals surface area contributed by atoms with Gasteiger partial charge in [0.1, 0.15) is 0 Å². The average Bonchev–Trinajstić information content (AvgIpc) is 2.86. The maximum Gasteiger partial charge on any atom is 0.453 e. The second-order valence-electron chi connectivity index (χ2n) is 5.26. The van der Waals surface area contributed by atoms with Crippen LogP contribution in [0.1, 0.15) is 37.9 Å². The minimum Gasteiger partial charge on any atom is -0.342 e. The van der Waals surface area contributed by atoms with E-state index in [9.17, 15) is 18.0 Å². The van der Waals surface area contributed by atoms with Crippen molar-refractivity contribution in [3.05, 3.63) is 5.82 Å². The quantitative estimate of drug-likeness (QED) is 0.671. The molecule has 1 heterocycles. The van der Waals surface area contributed by atoms with E-state index in [1.165, 1.54) is 6.42 Å². The first-order chi connectivity index (χ1) is 10.3. The Kier molecular flexibility index (Phi) is 5.20. The largest absolute Gasteiger partial charge is 0.453 e. The molecule has 1 aliphatic rings. The van der Waals surface area contributed by atoms with Crippen molar-refractivity contribution in [2.75, 3.05) is 18.6 Å². The Morgan fingerprint density at radius 2 is 2.00 bits per heavy atom. The number of aromatic nitrogens is 3. The lowest BCUT2D eigenvalue weighted by Crippen LogP contribution is -2.39. The van der Waals surface area contributed by atoms with Crippen LogP contribution in [-0.2, 0) is 11.0 Å². The van der Waals surface area contributed by atoms with E-state index in [4.69, 9.17) is 5.84 Å². The van der Waals surface area contributed by atoms with Crippen LogP contribution in [0.3, 0.4) is 0 Å². The number of carbonyl (C=O) groups is 1. The Morgan fingerprint density at radius 1 is 1.36 bits per heavy atom. The molecule has 0 radical (unpaired) electrons. The zero-order chi connectivity index (χ0) is 16.3. The number of carbonyl (C=O) groups excluding carboxylic acids is 1. The molecule has 10 heteroatoms. The van der Waals surface area contributed by atoms with Gasteiger partial charge in [0.05, 0.1) is 5.75 Å². The van der Waals surface area contributed by atoms with Crippen molar-refractivity contribution in [3.63, 3.8) is 0 Å². The third-order valence-electron chi connectivity index (χ3n) is 3.76. The fourth-order valence-corrected chi connectivity index (χ4v) is 3.25. The number of hydrogen-bond acceptors (Lipinski definition) is 5. The molecule has 0 spiro atoms. The first-order valence-electron chi connectivity index (χ1n) is 6.97. The van der Waals surface area contributed by atoms with E-state index in [1.54, 1.807) is 11.9 Å². The van der Waals surface area contributed by atoms with Gasteiger partial charge in [0.15, 0.2) is 0 Å². The van der Waals surface area contributed by atoms with Crippen LogP contribution < -0.4 is 5.84 Å². The van der Waals surface area contributed by atoms with Gasteiger partial charge in [0.2, 0.25) is 11.1 Å². The Hall–Kier alpha value is -1.45. The standard InChI is InChI=1S/C12H18F3N5OS/c1-19(8-5-3-2-4-6-8)9(21)7-22-11-18-17-10(20(11)16)12(13,14)15/h8H,2-7,16H2,1H3. The van der Waals surface area contributed by atoms with E-state index in [1.807, 2.05) is 0 Å². The topological polar surface area (TPSA) is 77.0 Å². The summed E-state index contributed by atoms with van der Waals surface area (Å²) in [5.41, 5.74) is 0. The summed E-state index contributed by atoms with van der Waals surface area (Å²) in [4.78, 5) is 13.8. The van der Waals surface area contributed by atoms with Gasteiger partial charge in [-0.2, -0.15) is 13.2 Å². The van der Waals surface area contributed by atoms with Gasteiger partial charge in [-0.1, -0.05) is 31.0 Å². The molecule has 1 aromatic rings. The predicted molar refractivity (Wildman–Crippen MR) is 75.5 cm³/mol. The summed E-state index contributed by atoms with van der Waals surface area (Å²) >= 11 is 0.858. The summed E-state index contributed by atoms with van der Waals surface area (Å²) < 4.78 is 38.0. The van der Waals surface area contributed by atoms with Crippen LogP contribution in [0.25, 0.3) is 0 Å². The highest BCUT2D eigenvalue weighted by atomic mass is 32.2. The molecule has 1 aliphatic carbocycles. The molecular formula is C12H18F3N5OS. The summed E-state index contributed by atoms with van der Waals surface area (Å²) in [6.45, 7) is 0. The van der Waals surface area contributed by atoms with E-state index in [0.29, 0.717) is 4.68 Å². The second kappa shape index (κ2) is 6.76. The Morgan fingerprint density at radius 3 is 2.55 bits per heavy atom. The summed E-state index contributed by atoms with van der Waals surface area (Å²) in [5.74, 6) is 3.89. The molecule has 0 bridgehead atoms. The van der Waals surface area contributed by atoms with Crippen LogP contribution in [-0.4, -0.2) is 44.5 Å². The summed E-state index contributed by atoms with van der Waals surface area (Å²) in [7, 11) is 1.73. The molecule has 1 aromatic heterocycles. The number of rotatable bonds is 4. The summed E-state index contributed by atoms with van der Waals surface area (Å²) in [5, 5.41) is 6.28. The minimum absolute atomic E-state index is 0.0137. The van der Waals surface area contributed by atoms with Crippen LogP contribution in [0.4, 0.5) is 13.2 Å². The van der Waals surface area contributed by atoms with Crippen LogP contribution in [0, 0.1) is 0 Å². The first-order valence-corrected chi connectivity index (χ1v) is 7.95. The van der Waals surface area contributed by atoms with Gasteiger partial charge in [0, 0.05) is 13.1 Å². The highest BCUT2D eigenvalue weighted by Crippen LogP contribution is 2.29. The summed E-state index contributed by atoms with van der Waals surface area (Å²) in [6, 6.07) is 0.211. The molecule has 124 valence electrons. The van der Waals surface area contributed by atoms with Crippen LogP contribution in [0.2, 0.25) is 0 Å². The Labute approximate surface area is 130 Å². The maximum atomic E-state index is 12.5. The van der Waals surface area contributed by atoms with Crippen LogP contribution >= 0.6 is 11.8 Å². The van der Waals surface area contributed by atoms with Crippen molar-refractivity contribution in [1.82, 2.24) is 19.8 Å². The lowest BCUT2D eigenvalue weighted by molar-refractivity contribution is -0.146. The highest BCUT2D eigenvalue weighted by Gasteiger charge is 2.38. The Balaban J connectivity index is 1.92. The molecule has 2 N–H and O–H groups in total. The molecule has 1 amide bonds. The molecule has 0 saturated heterocycles. The predicted octanol–water partition coefficient (Wildman–Crippen LogP) is 1.89. The van der Waals surface area contributed by atoms with E-state index in [0.717, 1.165) is 37.4 Å². The third-order valence-corrected chi connectivity index (χ3v) is 4.69. The van der Waals surface area contributed by atoms with Gasteiger partial charge in [0.25, 0.3) is 5.82 Å². The zero-order valence-corrected chi connectivity index (χ0v) is 13.0. The fraction of sp³-hybridized carbons (Fsp3) is 0.750. The summed E-state index contributed by atoms with van der Waals surface area (Å²) in [6.07, 6.45) is 0.659. The molecule has 2 rings (SSSR count). The van der Waals surface area contributed by atoms with Crippen molar-refractivity contribution in [2.45, 2.75) is 49.5 Å². The van der Waals surface area contributed by atoms with Gasteiger partial charge in [-0.25, -0.2) is 4.68 Å². The molecule has 0 unspecified atom stereocenters. The molecule has 1 saturated carbocycles. The SMILES string of the molecule is CN(C(=O)CSc1nnc(C(F)(F)F)n1N)C1CCCCC1. The minimum atomic E-state index is -4.66. The molecule has 0 atom stereocenters. The number of nitrogen functional groups attached to an aromatic ring is 1. The smallest absolute Gasteiger partial charge is 0.342 e. The van der Waals surface area contributed by atoms with Crippen LogP contribution in [0.15, 0.2) is 5.16 Å². The number of amides is 1. The van der Waals surface area contributed by atoms with E-state index in [-0.39, 0.29) is 22.9 Å². The van der Waals surface area contributed by atoms with Crippen molar-refractivity contribution >= 4 is 17.7 Å². The number of thioether (sulfide) groups is 1. The molecule has 0 aliphatic heterocycles. The fourth-order valence-electron chi connectivity index (χ4n) is 2.47. The third kappa shape index (κ3) is 3.84. The van der Waals surface area contributed by atoms with Gasteiger partial charge < -0.3 is 10.7 Å². The first kappa shape index (κ1) is 16.9. The zero-order valence-electron chi connectivity index (χ0n) is 12.1.